The number of hydrogen-bond acceptors (Lipinski definition) is 2. The van der Waals surface area contributed by atoms with Gasteiger partial charge >= 0.3 is 0 Å². The molecule has 0 fully saturated rings. The van der Waals surface area contributed by atoms with Crippen LogP contribution in [0.1, 0.15) is 25.2 Å². The standard InChI is InChI=1S/C17H19N3/c1-3-14(18-2)17-19-15-11-7-8-12-16(15)20(17)13-9-5-4-6-10-13/h4-12,14,18H,3H2,1-2H3. The van der Waals surface area contributed by atoms with Gasteiger partial charge in [-0.2, -0.15) is 0 Å². The molecule has 3 nitrogen and oxygen atoms in total. The minimum atomic E-state index is 0.252. The summed E-state index contributed by atoms with van der Waals surface area (Å²) in [6, 6.07) is 19.0. The van der Waals surface area contributed by atoms with E-state index in [0.717, 1.165) is 29.0 Å². The van der Waals surface area contributed by atoms with Crippen molar-refractivity contribution in [3.8, 4) is 5.69 Å². The van der Waals surface area contributed by atoms with E-state index in [-0.39, 0.29) is 6.04 Å². The van der Waals surface area contributed by atoms with E-state index in [1.165, 1.54) is 0 Å². The van der Waals surface area contributed by atoms with Gasteiger partial charge < -0.3 is 5.32 Å². The van der Waals surface area contributed by atoms with Gasteiger partial charge in [-0.25, -0.2) is 4.98 Å². The van der Waals surface area contributed by atoms with Crippen LogP contribution in [0.5, 0.6) is 0 Å². The largest absolute Gasteiger partial charge is 0.310 e. The van der Waals surface area contributed by atoms with Crippen LogP contribution in [0.2, 0.25) is 0 Å². The Morgan fingerprint density at radius 3 is 2.45 bits per heavy atom. The highest BCUT2D eigenvalue weighted by Gasteiger charge is 2.18. The molecule has 0 aliphatic carbocycles. The molecule has 1 N–H and O–H groups in total. The lowest BCUT2D eigenvalue weighted by Gasteiger charge is -2.16. The van der Waals surface area contributed by atoms with Gasteiger partial charge in [-0.15, -0.1) is 0 Å². The second-order valence-corrected chi connectivity index (χ2v) is 4.88. The minimum Gasteiger partial charge on any atom is -0.310 e. The van der Waals surface area contributed by atoms with E-state index in [2.05, 4.69) is 59.3 Å². The van der Waals surface area contributed by atoms with Gasteiger partial charge in [0, 0.05) is 5.69 Å². The second-order valence-electron chi connectivity index (χ2n) is 4.88. The van der Waals surface area contributed by atoms with Crippen LogP contribution in [0.4, 0.5) is 0 Å². The molecule has 1 atom stereocenters. The topological polar surface area (TPSA) is 29.9 Å². The van der Waals surface area contributed by atoms with E-state index < -0.39 is 0 Å². The molecule has 1 aromatic heterocycles. The highest BCUT2D eigenvalue weighted by atomic mass is 15.1. The van der Waals surface area contributed by atoms with E-state index in [1.54, 1.807) is 0 Å². The number of fused-ring (bicyclic) bond motifs is 1. The summed E-state index contributed by atoms with van der Waals surface area (Å²) < 4.78 is 2.25. The molecule has 0 bridgehead atoms. The number of nitrogens with one attached hydrogen (secondary N) is 1. The van der Waals surface area contributed by atoms with Crippen molar-refractivity contribution >= 4 is 11.0 Å². The van der Waals surface area contributed by atoms with Gasteiger partial charge in [-0.05, 0) is 37.7 Å². The first-order chi connectivity index (χ1) is 9.85. The summed E-state index contributed by atoms with van der Waals surface area (Å²) in [6.07, 6.45) is 1.01. The zero-order chi connectivity index (χ0) is 13.9. The number of para-hydroxylation sites is 3. The fourth-order valence-corrected chi connectivity index (χ4v) is 2.64. The Labute approximate surface area is 119 Å². The molecule has 0 aliphatic rings. The molecule has 3 heteroatoms. The molecule has 0 spiro atoms. The third-order valence-electron chi connectivity index (χ3n) is 3.67. The molecule has 0 radical (unpaired) electrons. The molecule has 1 unspecified atom stereocenters. The molecule has 1 heterocycles. The number of imidazole rings is 1. The van der Waals surface area contributed by atoms with Crippen molar-refractivity contribution in [1.82, 2.24) is 14.9 Å². The molecule has 0 aliphatic heterocycles. The summed E-state index contributed by atoms with van der Waals surface area (Å²) in [5.41, 5.74) is 3.35. The normalized spacial score (nSPS) is 12.7. The van der Waals surface area contributed by atoms with Crippen LogP contribution in [0, 0.1) is 0 Å². The van der Waals surface area contributed by atoms with Crippen molar-refractivity contribution < 1.29 is 0 Å². The zero-order valence-electron chi connectivity index (χ0n) is 11.9. The summed E-state index contributed by atoms with van der Waals surface area (Å²) in [4.78, 5) is 4.83. The van der Waals surface area contributed by atoms with Gasteiger partial charge in [0.2, 0.25) is 0 Å². The number of benzene rings is 2. The van der Waals surface area contributed by atoms with Crippen LogP contribution in [-0.4, -0.2) is 16.6 Å². The lowest BCUT2D eigenvalue weighted by Crippen LogP contribution is -2.19. The van der Waals surface area contributed by atoms with Crippen molar-refractivity contribution in [2.24, 2.45) is 0 Å². The molecule has 0 saturated heterocycles. The molecule has 2 aromatic carbocycles. The number of nitrogens with zero attached hydrogens (tertiary/aromatic N) is 2. The quantitative estimate of drug-likeness (QED) is 0.779. The van der Waals surface area contributed by atoms with Crippen LogP contribution in [0.3, 0.4) is 0 Å². The average molecular weight is 265 g/mol. The monoisotopic (exact) mass is 265 g/mol. The molecular weight excluding hydrogens is 246 g/mol. The van der Waals surface area contributed by atoms with Gasteiger partial charge in [0.25, 0.3) is 0 Å². The summed E-state index contributed by atoms with van der Waals surface area (Å²) >= 11 is 0. The average Bonchev–Trinajstić information content (AvgIpc) is 2.88. The molecule has 20 heavy (non-hydrogen) atoms. The Bertz CT molecular complexity index is 697. The van der Waals surface area contributed by atoms with Crippen LogP contribution in [0.25, 0.3) is 16.7 Å². The fourth-order valence-electron chi connectivity index (χ4n) is 2.64. The molecule has 3 rings (SSSR count). The highest BCUT2D eigenvalue weighted by molar-refractivity contribution is 5.78. The fraction of sp³-hybridized carbons (Fsp3) is 0.235. The molecule has 3 aromatic rings. The van der Waals surface area contributed by atoms with E-state index in [4.69, 9.17) is 4.98 Å². The van der Waals surface area contributed by atoms with Crippen LogP contribution in [0.15, 0.2) is 54.6 Å². The third-order valence-corrected chi connectivity index (χ3v) is 3.67. The summed E-state index contributed by atoms with van der Waals surface area (Å²) in [5, 5.41) is 3.36. The van der Waals surface area contributed by atoms with Gasteiger partial charge in [0.05, 0.1) is 17.1 Å². The smallest absolute Gasteiger partial charge is 0.131 e. The van der Waals surface area contributed by atoms with Crippen LogP contribution < -0.4 is 5.32 Å². The molecule has 0 amide bonds. The van der Waals surface area contributed by atoms with E-state index in [1.807, 2.05) is 19.2 Å². The first-order valence-corrected chi connectivity index (χ1v) is 7.05. The van der Waals surface area contributed by atoms with Crippen molar-refractivity contribution in [2.75, 3.05) is 7.05 Å². The van der Waals surface area contributed by atoms with Crippen molar-refractivity contribution in [1.29, 1.82) is 0 Å². The van der Waals surface area contributed by atoms with E-state index in [0.29, 0.717) is 0 Å². The Morgan fingerprint density at radius 2 is 1.75 bits per heavy atom. The maximum absolute atomic E-state index is 4.83. The Morgan fingerprint density at radius 1 is 1.05 bits per heavy atom. The summed E-state index contributed by atoms with van der Waals surface area (Å²) in [7, 11) is 1.99. The van der Waals surface area contributed by atoms with Gasteiger partial charge in [0.1, 0.15) is 5.82 Å². The first-order valence-electron chi connectivity index (χ1n) is 7.05. The maximum atomic E-state index is 4.83. The van der Waals surface area contributed by atoms with Crippen LogP contribution >= 0.6 is 0 Å². The lowest BCUT2D eigenvalue weighted by molar-refractivity contribution is 0.539. The zero-order valence-corrected chi connectivity index (χ0v) is 11.9. The number of aromatic nitrogens is 2. The highest BCUT2D eigenvalue weighted by Crippen LogP contribution is 2.26. The summed E-state index contributed by atoms with van der Waals surface area (Å²) in [5.74, 6) is 1.07. The maximum Gasteiger partial charge on any atom is 0.131 e. The number of hydrogen-bond donors (Lipinski definition) is 1. The number of rotatable bonds is 4. The Kier molecular flexibility index (Phi) is 3.52. The SMILES string of the molecule is CCC(NC)c1nc2ccccc2n1-c1ccccc1. The van der Waals surface area contributed by atoms with Crippen LogP contribution in [-0.2, 0) is 0 Å². The van der Waals surface area contributed by atoms with E-state index >= 15 is 0 Å². The molecular formula is C17H19N3. The van der Waals surface area contributed by atoms with E-state index in [9.17, 15) is 0 Å². The first kappa shape index (κ1) is 12.9. The Balaban J connectivity index is 2.29. The van der Waals surface area contributed by atoms with Crippen molar-refractivity contribution in [2.45, 2.75) is 19.4 Å². The predicted octanol–water partition coefficient (Wildman–Crippen LogP) is 3.70. The lowest BCUT2D eigenvalue weighted by atomic mass is 10.2. The second kappa shape index (κ2) is 5.47. The Hall–Kier alpha value is -2.13. The third kappa shape index (κ3) is 2.10. The van der Waals surface area contributed by atoms with Crippen molar-refractivity contribution in [3.63, 3.8) is 0 Å². The molecule has 0 saturated carbocycles. The van der Waals surface area contributed by atoms with Gasteiger partial charge in [-0.1, -0.05) is 37.3 Å². The summed E-state index contributed by atoms with van der Waals surface area (Å²) in [6.45, 7) is 2.18. The van der Waals surface area contributed by atoms with Gasteiger partial charge in [-0.3, -0.25) is 4.57 Å². The predicted molar refractivity (Wildman–Crippen MR) is 83.2 cm³/mol. The molecule has 102 valence electrons. The van der Waals surface area contributed by atoms with Crippen molar-refractivity contribution in [3.05, 3.63) is 60.4 Å². The van der Waals surface area contributed by atoms with Gasteiger partial charge in [0.15, 0.2) is 0 Å². The minimum absolute atomic E-state index is 0.252.